The molecule has 0 atom stereocenters. The topological polar surface area (TPSA) is 29.3 Å². The van der Waals surface area contributed by atoms with Gasteiger partial charge in [0, 0.05) is 18.3 Å². The predicted molar refractivity (Wildman–Crippen MR) is 60.1 cm³/mol. The second kappa shape index (κ2) is 3.62. The maximum atomic E-state index is 5.87. The first-order valence-electron chi connectivity index (χ1n) is 5.22. The van der Waals surface area contributed by atoms with Crippen molar-refractivity contribution in [3.63, 3.8) is 0 Å². The van der Waals surface area contributed by atoms with E-state index < -0.39 is 0 Å². The molecular formula is C12H18N2. The molecule has 1 aliphatic rings. The lowest BCUT2D eigenvalue weighted by molar-refractivity contribution is 0.316. The van der Waals surface area contributed by atoms with Crippen LogP contribution in [0.4, 0.5) is 5.69 Å². The van der Waals surface area contributed by atoms with Crippen LogP contribution >= 0.6 is 0 Å². The summed E-state index contributed by atoms with van der Waals surface area (Å²) in [5.41, 5.74) is 9.38. The minimum absolute atomic E-state index is 0.816. The first-order valence-corrected chi connectivity index (χ1v) is 5.22. The Labute approximate surface area is 85.7 Å². The second-order valence-corrected chi connectivity index (χ2v) is 4.28. The van der Waals surface area contributed by atoms with E-state index in [0.717, 1.165) is 18.3 Å². The van der Waals surface area contributed by atoms with Gasteiger partial charge in [-0.25, -0.2) is 0 Å². The zero-order chi connectivity index (χ0) is 10.1. The lowest BCUT2D eigenvalue weighted by atomic mass is 10.1. The largest absolute Gasteiger partial charge is 0.399 e. The van der Waals surface area contributed by atoms with E-state index >= 15 is 0 Å². The zero-order valence-electron chi connectivity index (χ0n) is 8.96. The quantitative estimate of drug-likeness (QED) is 0.740. The van der Waals surface area contributed by atoms with Gasteiger partial charge in [0.2, 0.25) is 0 Å². The van der Waals surface area contributed by atoms with E-state index in [1.165, 1.54) is 24.0 Å². The maximum absolute atomic E-state index is 5.87. The van der Waals surface area contributed by atoms with Gasteiger partial charge < -0.3 is 5.73 Å². The van der Waals surface area contributed by atoms with Gasteiger partial charge in [-0.15, -0.1) is 0 Å². The molecule has 0 spiro atoms. The fourth-order valence-electron chi connectivity index (χ4n) is 1.79. The highest BCUT2D eigenvalue weighted by Gasteiger charge is 2.26. The molecule has 1 fully saturated rings. The van der Waals surface area contributed by atoms with Gasteiger partial charge in [0.05, 0.1) is 0 Å². The van der Waals surface area contributed by atoms with Crippen molar-refractivity contribution in [2.75, 3.05) is 12.8 Å². The van der Waals surface area contributed by atoms with E-state index in [2.05, 4.69) is 24.9 Å². The lowest BCUT2D eigenvalue weighted by Crippen LogP contribution is -2.20. The summed E-state index contributed by atoms with van der Waals surface area (Å²) in [6.07, 6.45) is 2.72. The minimum atomic E-state index is 0.816. The third-order valence-corrected chi connectivity index (χ3v) is 3.08. The SMILES string of the molecule is Cc1c(N)cccc1CN(C)C1CC1. The van der Waals surface area contributed by atoms with Crippen LogP contribution in [0.3, 0.4) is 0 Å². The normalized spacial score (nSPS) is 16.2. The number of benzene rings is 1. The van der Waals surface area contributed by atoms with Gasteiger partial charge in [0.1, 0.15) is 0 Å². The molecule has 76 valence electrons. The van der Waals surface area contributed by atoms with Crippen molar-refractivity contribution in [2.45, 2.75) is 32.4 Å². The average Bonchev–Trinajstić information content (AvgIpc) is 2.95. The Balaban J connectivity index is 2.11. The van der Waals surface area contributed by atoms with Crippen LogP contribution in [-0.2, 0) is 6.54 Å². The molecule has 2 heteroatoms. The van der Waals surface area contributed by atoms with Crippen molar-refractivity contribution in [3.05, 3.63) is 29.3 Å². The van der Waals surface area contributed by atoms with E-state index in [9.17, 15) is 0 Å². The molecule has 2 rings (SSSR count). The summed E-state index contributed by atoms with van der Waals surface area (Å²) in [6, 6.07) is 7.00. The molecule has 0 unspecified atom stereocenters. The van der Waals surface area contributed by atoms with E-state index in [1.54, 1.807) is 0 Å². The van der Waals surface area contributed by atoms with Gasteiger partial charge >= 0.3 is 0 Å². The summed E-state index contributed by atoms with van der Waals surface area (Å²) >= 11 is 0. The highest BCUT2D eigenvalue weighted by molar-refractivity contribution is 5.49. The Morgan fingerprint density at radius 2 is 2.14 bits per heavy atom. The molecule has 1 aromatic carbocycles. The first-order chi connectivity index (χ1) is 6.68. The Kier molecular flexibility index (Phi) is 2.46. The lowest BCUT2D eigenvalue weighted by Gasteiger charge is -2.17. The van der Waals surface area contributed by atoms with Gasteiger partial charge in [0.15, 0.2) is 0 Å². The van der Waals surface area contributed by atoms with Crippen LogP contribution in [0, 0.1) is 6.92 Å². The molecule has 0 aliphatic heterocycles. The Hall–Kier alpha value is -1.02. The van der Waals surface area contributed by atoms with Crippen molar-refractivity contribution in [3.8, 4) is 0 Å². The molecule has 0 saturated heterocycles. The van der Waals surface area contributed by atoms with Crippen molar-refractivity contribution >= 4 is 5.69 Å². The molecule has 2 nitrogen and oxygen atoms in total. The van der Waals surface area contributed by atoms with E-state index in [1.807, 2.05) is 12.1 Å². The number of nitrogens with two attached hydrogens (primary N) is 1. The molecule has 0 radical (unpaired) electrons. The third kappa shape index (κ3) is 1.90. The molecular weight excluding hydrogens is 172 g/mol. The van der Waals surface area contributed by atoms with Crippen LogP contribution in [0.25, 0.3) is 0 Å². The van der Waals surface area contributed by atoms with Crippen molar-refractivity contribution in [1.82, 2.24) is 4.90 Å². The smallest absolute Gasteiger partial charge is 0.0346 e. The fourth-order valence-corrected chi connectivity index (χ4v) is 1.79. The number of hydrogen-bond donors (Lipinski definition) is 1. The van der Waals surface area contributed by atoms with Gasteiger partial charge in [-0.3, -0.25) is 4.90 Å². The highest BCUT2D eigenvalue weighted by Crippen LogP contribution is 2.27. The molecule has 2 N–H and O–H groups in total. The number of rotatable bonds is 3. The van der Waals surface area contributed by atoms with E-state index in [-0.39, 0.29) is 0 Å². The average molecular weight is 190 g/mol. The van der Waals surface area contributed by atoms with Gasteiger partial charge in [0.25, 0.3) is 0 Å². The summed E-state index contributed by atoms with van der Waals surface area (Å²) in [7, 11) is 2.19. The van der Waals surface area contributed by atoms with Crippen LogP contribution in [0.2, 0.25) is 0 Å². The van der Waals surface area contributed by atoms with Crippen LogP contribution in [-0.4, -0.2) is 18.0 Å². The molecule has 1 saturated carbocycles. The molecule has 0 aromatic heterocycles. The third-order valence-electron chi connectivity index (χ3n) is 3.08. The maximum Gasteiger partial charge on any atom is 0.0346 e. The van der Waals surface area contributed by atoms with E-state index in [4.69, 9.17) is 5.73 Å². The summed E-state index contributed by atoms with van der Waals surface area (Å²) < 4.78 is 0. The van der Waals surface area contributed by atoms with Gasteiger partial charge in [-0.05, 0) is 44.0 Å². The molecule has 1 aliphatic carbocycles. The Bertz CT molecular complexity index is 329. The van der Waals surface area contributed by atoms with Gasteiger partial charge in [-0.2, -0.15) is 0 Å². The van der Waals surface area contributed by atoms with Crippen LogP contribution < -0.4 is 5.73 Å². The van der Waals surface area contributed by atoms with Crippen molar-refractivity contribution in [1.29, 1.82) is 0 Å². The molecule has 0 amide bonds. The van der Waals surface area contributed by atoms with Crippen LogP contribution in [0.5, 0.6) is 0 Å². The van der Waals surface area contributed by atoms with Crippen molar-refractivity contribution < 1.29 is 0 Å². The Morgan fingerprint density at radius 1 is 1.43 bits per heavy atom. The van der Waals surface area contributed by atoms with E-state index in [0.29, 0.717) is 0 Å². The summed E-state index contributed by atoms with van der Waals surface area (Å²) in [5.74, 6) is 0. The minimum Gasteiger partial charge on any atom is -0.399 e. The number of anilines is 1. The first kappa shape index (κ1) is 9.53. The molecule has 0 heterocycles. The standard InChI is InChI=1S/C12H18N2/c1-9-10(4-3-5-12(9)13)8-14(2)11-6-7-11/h3-5,11H,6-8,13H2,1-2H3. The number of nitrogen functional groups attached to an aromatic ring is 1. The Morgan fingerprint density at radius 3 is 2.79 bits per heavy atom. The highest BCUT2D eigenvalue weighted by atomic mass is 15.1. The molecule has 0 bridgehead atoms. The summed E-state index contributed by atoms with van der Waals surface area (Å²) in [4.78, 5) is 2.42. The van der Waals surface area contributed by atoms with Crippen LogP contribution in [0.15, 0.2) is 18.2 Å². The zero-order valence-corrected chi connectivity index (χ0v) is 8.96. The number of nitrogens with zero attached hydrogens (tertiary/aromatic N) is 1. The monoisotopic (exact) mass is 190 g/mol. The second-order valence-electron chi connectivity index (χ2n) is 4.28. The fraction of sp³-hybridized carbons (Fsp3) is 0.500. The van der Waals surface area contributed by atoms with Gasteiger partial charge in [-0.1, -0.05) is 12.1 Å². The molecule has 1 aromatic rings. The summed E-state index contributed by atoms with van der Waals surface area (Å²) in [5, 5.41) is 0. The molecule has 14 heavy (non-hydrogen) atoms. The van der Waals surface area contributed by atoms with Crippen LogP contribution in [0.1, 0.15) is 24.0 Å². The van der Waals surface area contributed by atoms with Crippen molar-refractivity contribution in [2.24, 2.45) is 0 Å². The summed E-state index contributed by atoms with van der Waals surface area (Å²) in [6.45, 7) is 3.13. The number of hydrogen-bond acceptors (Lipinski definition) is 2. The predicted octanol–water partition coefficient (Wildman–Crippen LogP) is 2.17.